The molecule has 1 heterocycles. The number of carbonyl (C=O) groups is 1. The van der Waals surface area contributed by atoms with Crippen molar-refractivity contribution in [3.05, 3.63) is 101 Å². The number of nitrogens with zero attached hydrogens (tertiary/aromatic N) is 2. The second kappa shape index (κ2) is 9.13. The SMILES string of the molecule is CCn1c(=NC(=O)c2cccc(NS(=O)(=O)c3ccc(C)cc3)c2)sc2c3ccccc3ccc21. The number of aryl methyl sites for hydroxylation is 2. The lowest BCUT2D eigenvalue weighted by molar-refractivity contribution is 0.0998. The van der Waals surface area contributed by atoms with Crippen LogP contribution < -0.4 is 9.52 Å². The first-order valence-corrected chi connectivity index (χ1v) is 13.5. The summed E-state index contributed by atoms with van der Waals surface area (Å²) in [5, 5.41) is 2.26. The summed E-state index contributed by atoms with van der Waals surface area (Å²) in [6.45, 7) is 4.58. The molecule has 0 atom stereocenters. The lowest BCUT2D eigenvalue weighted by Gasteiger charge is -2.09. The van der Waals surface area contributed by atoms with Crippen LogP contribution in [0.2, 0.25) is 0 Å². The van der Waals surface area contributed by atoms with E-state index in [4.69, 9.17) is 0 Å². The Balaban J connectivity index is 1.51. The van der Waals surface area contributed by atoms with Gasteiger partial charge in [-0.1, -0.05) is 65.4 Å². The van der Waals surface area contributed by atoms with Crippen LogP contribution in [-0.4, -0.2) is 18.9 Å². The first kappa shape index (κ1) is 23.0. The summed E-state index contributed by atoms with van der Waals surface area (Å²) < 4.78 is 31.2. The standard InChI is InChI=1S/C27H23N3O3S2/c1-3-30-24-16-13-19-7-4-5-10-23(19)25(24)34-27(30)28-26(31)20-8-6-9-21(17-20)29-35(32,33)22-14-11-18(2)12-15-22/h4-17,29H,3H2,1-2H3. The van der Waals surface area contributed by atoms with Crippen LogP contribution >= 0.6 is 11.3 Å². The van der Waals surface area contributed by atoms with Gasteiger partial charge in [-0.2, -0.15) is 4.99 Å². The molecule has 0 radical (unpaired) electrons. The minimum atomic E-state index is -3.77. The Kier molecular flexibility index (Phi) is 6.00. The molecular weight excluding hydrogens is 478 g/mol. The van der Waals surface area contributed by atoms with Crippen LogP contribution in [0.1, 0.15) is 22.8 Å². The maximum atomic E-state index is 13.1. The van der Waals surface area contributed by atoms with Gasteiger partial charge in [-0.15, -0.1) is 0 Å². The topological polar surface area (TPSA) is 80.5 Å². The van der Waals surface area contributed by atoms with Crippen LogP contribution in [0.25, 0.3) is 21.0 Å². The van der Waals surface area contributed by atoms with Crippen molar-refractivity contribution in [2.45, 2.75) is 25.3 Å². The van der Waals surface area contributed by atoms with Gasteiger partial charge >= 0.3 is 0 Å². The molecule has 1 N–H and O–H groups in total. The molecule has 8 heteroatoms. The molecule has 5 rings (SSSR count). The lowest BCUT2D eigenvalue weighted by Crippen LogP contribution is -2.16. The number of amides is 1. The van der Waals surface area contributed by atoms with E-state index in [0.717, 1.165) is 26.6 Å². The molecule has 0 fully saturated rings. The van der Waals surface area contributed by atoms with E-state index in [2.05, 4.69) is 34.0 Å². The molecule has 0 bridgehead atoms. The summed E-state index contributed by atoms with van der Waals surface area (Å²) in [6.07, 6.45) is 0. The molecule has 35 heavy (non-hydrogen) atoms. The highest BCUT2D eigenvalue weighted by atomic mass is 32.2. The summed E-state index contributed by atoms with van der Waals surface area (Å²) in [4.78, 5) is 18.3. The van der Waals surface area contributed by atoms with E-state index in [1.54, 1.807) is 42.5 Å². The molecule has 1 amide bonds. The van der Waals surface area contributed by atoms with Gasteiger partial charge in [0.25, 0.3) is 15.9 Å². The number of hydrogen-bond acceptors (Lipinski definition) is 4. The van der Waals surface area contributed by atoms with Gasteiger partial charge in [0.1, 0.15) is 0 Å². The Bertz CT molecular complexity index is 1750. The van der Waals surface area contributed by atoms with Gasteiger partial charge in [0.05, 0.1) is 15.1 Å². The number of rotatable bonds is 5. The first-order chi connectivity index (χ1) is 16.9. The summed E-state index contributed by atoms with van der Waals surface area (Å²) in [5.74, 6) is -0.431. The Morgan fingerprint density at radius 2 is 1.74 bits per heavy atom. The number of thiazole rings is 1. The fourth-order valence-electron chi connectivity index (χ4n) is 3.99. The summed E-state index contributed by atoms with van der Waals surface area (Å²) in [7, 11) is -3.77. The molecule has 176 valence electrons. The van der Waals surface area contributed by atoms with Crippen molar-refractivity contribution in [3.63, 3.8) is 0 Å². The minimum Gasteiger partial charge on any atom is -0.317 e. The fraction of sp³-hybridized carbons (Fsp3) is 0.111. The smallest absolute Gasteiger partial charge is 0.279 e. The van der Waals surface area contributed by atoms with Crippen molar-refractivity contribution < 1.29 is 13.2 Å². The molecule has 0 saturated heterocycles. The molecule has 0 aliphatic rings. The van der Waals surface area contributed by atoms with Gasteiger partial charge in [-0.05, 0) is 55.6 Å². The van der Waals surface area contributed by atoms with Crippen LogP contribution in [0, 0.1) is 6.92 Å². The first-order valence-electron chi connectivity index (χ1n) is 11.2. The molecular formula is C27H23N3O3S2. The molecule has 6 nitrogen and oxygen atoms in total. The lowest BCUT2D eigenvalue weighted by atomic mass is 10.1. The maximum absolute atomic E-state index is 13.1. The predicted octanol–water partition coefficient (Wildman–Crippen LogP) is 5.73. The fourth-order valence-corrected chi connectivity index (χ4v) is 6.27. The van der Waals surface area contributed by atoms with Crippen LogP contribution in [0.4, 0.5) is 5.69 Å². The van der Waals surface area contributed by atoms with Crippen LogP contribution in [-0.2, 0) is 16.6 Å². The number of sulfonamides is 1. The van der Waals surface area contributed by atoms with Gasteiger partial charge in [-0.3, -0.25) is 9.52 Å². The number of fused-ring (bicyclic) bond motifs is 3. The second-order valence-electron chi connectivity index (χ2n) is 8.18. The average Bonchev–Trinajstić information content (AvgIpc) is 3.21. The molecule has 0 spiro atoms. The van der Waals surface area contributed by atoms with Crippen molar-refractivity contribution in [2.75, 3.05) is 4.72 Å². The predicted molar refractivity (Wildman–Crippen MR) is 141 cm³/mol. The van der Waals surface area contributed by atoms with Crippen LogP contribution in [0.3, 0.4) is 0 Å². The van der Waals surface area contributed by atoms with E-state index in [-0.39, 0.29) is 4.90 Å². The largest absolute Gasteiger partial charge is 0.317 e. The quantitative estimate of drug-likeness (QED) is 0.334. The van der Waals surface area contributed by atoms with Gasteiger partial charge in [0.15, 0.2) is 4.80 Å². The summed E-state index contributed by atoms with van der Waals surface area (Å²) in [6, 6.07) is 25.3. The zero-order chi connectivity index (χ0) is 24.6. The normalized spacial score (nSPS) is 12.3. The van der Waals surface area contributed by atoms with Crippen LogP contribution in [0.15, 0.2) is 94.8 Å². The van der Waals surface area contributed by atoms with Crippen molar-refractivity contribution in [1.82, 2.24) is 4.57 Å². The van der Waals surface area contributed by atoms with E-state index in [1.165, 1.54) is 17.4 Å². The number of anilines is 1. The number of hydrogen-bond donors (Lipinski definition) is 1. The van der Waals surface area contributed by atoms with E-state index >= 15 is 0 Å². The highest BCUT2D eigenvalue weighted by Gasteiger charge is 2.15. The third kappa shape index (κ3) is 4.50. The highest BCUT2D eigenvalue weighted by Crippen LogP contribution is 2.27. The maximum Gasteiger partial charge on any atom is 0.279 e. The molecule has 1 aromatic heterocycles. The Morgan fingerprint density at radius 1 is 0.971 bits per heavy atom. The molecule has 0 aliphatic heterocycles. The molecule has 0 saturated carbocycles. The molecule has 0 aliphatic carbocycles. The summed E-state index contributed by atoms with van der Waals surface area (Å²) in [5.41, 5.74) is 2.61. The van der Waals surface area contributed by atoms with Crippen LogP contribution in [0.5, 0.6) is 0 Å². The number of nitrogens with one attached hydrogen (secondary N) is 1. The second-order valence-corrected chi connectivity index (χ2v) is 10.8. The highest BCUT2D eigenvalue weighted by molar-refractivity contribution is 7.92. The van der Waals surface area contributed by atoms with Crippen molar-refractivity contribution in [1.29, 1.82) is 0 Å². The van der Waals surface area contributed by atoms with E-state index in [0.29, 0.717) is 22.6 Å². The monoisotopic (exact) mass is 501 g/mol. The third-order valence-corrected chi connectivity index (χ3v) is 8.30. The van der Waals surface area contributed by atoms with Gasteiger partial charge in [0.2, 0.25) is 0 Å². The van der Waals surface area contributed by atoms with E-state index in [1.807, 2.05) is 30.5 Å². The van der Waals surface area contributed by atoms with Gasteiger partial charge in [0, 0.05) is 23.2 Å². The number of carbonyl (C=O) groups excluding carboxylic acids is 1. The van der Waals surface area contributed by atoms with Crippen molar-refractivity contribution in [3.8, 4) is 0 Å². The zero-order valence-corrected chi connectivity index (χ0v) is 20.9. The number of benzene rings is 4. The Labute approximate surface area is 207 Å². The Morgan fingerprint density at radius 3 is 2.51 bits per heavy atom. The minimum absolute atomic E-state index is 0.158. The zero-order valence-electron chi connectivity index (χ0n) is 19.2. The van der Waals surface area contributed by atoms with Gasteiger partial charge < -0.3 is 4.57 Å². The molecule has 0 unspecified atom stereocenters. The van der Waals surface area contributed by atoms with Crippen molar-refractivity contribution in [2.24, 2.45) is 4.99 Å². The van der Waals surface area contributed by atoms with Gasteiger partial charge in [-0.25, -0.2) is 8.42 Å². The van der Waals surface area contributed by atoms with E-state index < -0.39 is 15.9 Å². The van der Waals surface area contributed by atoms with Crippen molar-refractivity contribution >= 4 is 53.9 Å². The third-order valence-electron chi connectivity index (χ3n) is 5.78. The molecule has 4 aromatic carbocycles. The van der Waals surface area contributed by atoms with E-state index in [9.17, 15) is 13.2 Å². The number of aromatic nitrogens is 1. The summed E-state index contributed by atoms with van der Waals surface area (Å²) >= 11 is 1.48. The molecule has 5 aromatic rings. The Hall–Kier alpha value is -3.75. The average molecular weight is 502 g/mol.